The molecule has 0 bridgehead atoms. The van der Waals surface area contributed by atoms with Gasteiger partial charge in [0.05, 0.1) is 19.8 Å². The van der Waals surface area contributed by atoms with Crippen LogP contribution in [0.2, 0.25) is 0 Å². The number of nitrogens with one attached hydrogen (secondary N) is 1. The highest BCUT2D eigenvalue weighted by Gasteiger charge is 2.15. The van der Waals surface area contributed by atoms with Crippen molar-refractivity contribution in [3.05, 3.63) is 0 Å². The second-order valence-corrected chi connectivity index (χ2v) is 3.99. The first kappa shape index (κ1) is 15.8. The summed E-state index contributed by atoms with van der Waals surface area (Å²) < 4.78 is 15.6. The number of likely N-dealkylation sites (N-methyl/N-ethyl adjacent to an activating group) is 1. The Morgan fingerprint density at radius 3 is 2.31 bits per heavy atom. The molecule has 0 fully saturated rings. The summed E-state index contributed by atoms with van der Waals surface area (Å²) in [7, 11) is 3.43. The second-order valence-electron chi connectivity index (χ2n) is 3.99. The van der Waals surface area contributed by atoms with Gasteiger partial charge in [0.1, 0.15) is 0 Å². The fourth-order valence-electron chi connectivity index (χ4n) is 1.54. The van der Waals surface area contributed by atoms with Gasteiger partial charge < -0.3 is 19.5 Å². The van der Waals surface area contributed by atoms with Gasteiger partial charge in [-0.3, -0.25) is 0 Å². The molecule has 0 aromatic rings. The minimum Gasteiger partial charge on any atom is -0.385 e. The molecule has 0 spiro atoms. The molecule has 4 nitrogen and oxygen atoms in total. The Balaban J connectivity index is 3.75. The monoisotopic (exact) mass is 233 g/mol. The highest BCUT2D eigenvalue weighted by molar-refractivity contribution is 4.72. The summed E-state index contributed by atoms with van der Waals surface area (Å²) >= 11 is 0. The molecule has 1 N–H and O–H groups in total. The second kappa shape index (κ2) is 11.3. The third-order valence-electron chi connectivity index (χ3n) is 2.66. The summed E-state index contributed by atoms with van der Waals surface area (Å²) in [6.07, 6.45) is 1.06. The van der Waals surface area contributed by atoms with Crippen LogP contribution in [0.25, 0.3) is 0 Å². The molecule has 0 aromatic carbocycles. The Morgan fingerprint density at radius 2 is 1.75 bits per heavy atom. The number of rotatable bonds is 11. The van der Waals surface area contributed by atoms with Crippen molar-refractivity contribution in [2.45, 2.75) is 26.3 Å². The molecular weight excluding hydrogens is 206 g/mol. The van der Waals surface area contributed by atoms with Crippen LogP contribution in [0.4, 0.5) is 0 Å². The zero-order valence-corrected chi connectivity index (χ0v) is 11.1. The van der Waals surface area contributed by atoms with Gasteiger partial charge in [-0.1, -0.05) is 13.8 Å². The van der Waals surface area contributed by atoms with Crippen molar-refractivity contribution in [3.63, 3.8) is 0 Å². The molecule has 0 aliphatic carbocycles. The van der Waals surface area contributed by atoms with Crippen LogP contribution in [0.3, 0.4) is 0 Å². The van der Waals surface area contributed by atoms with Gasteiger partial charge in [-0.2, -0.15) is 0 Å². The van der Waals surface area contributed by atoms with Crippen molar-refractivity contribution in [2.75, 3.05) is 47.2 Å². The number of methoxy groups -OCH3 is 2. The molecular formula is C12H27NO3. The van der Waals surface area contributed by atoms with E-state index in [0.717, 1.165) is 26.2 Å². The molecule has 0 heterocycles. The van der Waals surface area contributed by atoms with E-state index in [1.165, 1.54) is 0 Å². The van der Waals surface area contributed by atoms with Gasteiger partial charge in [-0.25, -0.2) is 0 Å². The lowest BCUT2D eigenvalue weighted by atomic mass is 9.99. The van der Waals surface area contributed by atoms with E-state index in [9.17, 15) is 0 Å². The Labute approximate surface area is 99.6 Å². The first-order chi connectivity index (χ1) is 7.76. The maximum atomic E-state index is 5.56. The fourth-order valence-corrected chi connectivity index (χ4v) is 1.54. The van der Waals surface area contributed by atoms with Crippen LogP contribution >= 0.6 is 0 Å². The smallest absolute Gasteiger partial charge is 0.0701 e. The molecule has 0 aromatic heterocycles. The van der Waals surface area contributed by atoms with Gasteiger partial charge in [0, 0.05) is 26.9 Å². The quantitative estimate of drug-likeness (QED) is 0.546. The van der Waals surface area contributed by atoms with Crippen molar-refractivity contribution in [2.24, 2.45) is 5.92 Å². The molecule has 2 unspecified atom stereocenters. The van der Waals surface area contributed by atoms with Gasteiger partial charge in [-0.15, -0.1) is 0 Å². The van der Waals surface area contributed by atoms with Crippen molar-refractivity contribution in [1.29, 1.82) is 0 Å². The molecule has 4 heteroatoms. The molecule has 0 radical (unpaired) electrons. The van der Waals surface area contributed by atoms with E-state index < -0.39 is 0 Å². The maximum Gasteiger partial charge on any atom is 0.0701 e. The number of ether oxygens (including phenoxy) is 3. The summed E-state index contributed by atoms with van der Waals surface area (Å²) in [5, 5.41) is 3.45. The fraction of sp³-hybridized carbons (Fsp3) is 1.00. The van der Waals surface area contributed by atoms with Crippen molar-refractivity contribution >= 4 is 0 Å². The van der Waals surface area contributed by atoms with E-state index in [2.05, 4.69) is 19.2 Å². The Kier molecular flexibility index (Phi) is 11.2. The van der Waals surface area contributed by atoms with E-state index in [4.69, 9.17) is 14.2 Å². The van der Waals surface area contributed by atoms with E-state index >= 15 is 0 Å². The Morgan fingerprint density at radius 1 is 1.06 bits per heavy atom. The third kappa shape index (κ3) is 8.05. The van der Waals surface area contributed by atoms with Crippen LogP contribution in [-0.2, 0) is 14.2 Å². The van der Waals surface area contributed by atoms with Crippen molar-refractivity contribution in [3.8, 4) is 0 Å². The summed E-state index contributed by atoms with van der Waals surface area (Å²) in [5.74, 6) is 0.558. The molecule has 0 saturated heterocycles. The van der Waals surface area contributed by atoms with Crippen LogP contribution in [0.15, 0.2) is 0 Å². The summed E-state index contributed by atoms with van der Waals surface area (Å²) in [6.45, 7) is 8.18. The molecule has 0 aliphatic heterocycles. The summed E-state index contributed by atoms with van der Waals surface area (Å²) in [4.78, 5) is 0. The van der Waals surface area contributed by atoms with E-state index in [1.807, 2.05) is 0 Å². The molecule has 2 atom stereocenters. The van der Waals surface area contributed by atoms with Crippen molar-refractivity contribution in [1.82, 2.24) is 5.32 Å². The standard InChI is InChI=1S/C12H27NO3/c1-5-13-12(10-16-9-8-15-4)11(2)6-7-14-3/h11-13H,5-10H2,1-4H3. The molecule has 0 rings (SSSR count). The largest absolute Gasteiger partial charge is 0.385 e. The predicted octanol–water partition coefficient (Wildman–Crippen LogP) is 1.30. The predicted molar refractivity (Wildman–Crippen MR) is 65.8 cm³/mol. The SMILES string of the molecule is CCNC(COCCOC)C(C)CCOC. The van der Waals surface area contributed by atoms with Gasteiger partial charge in [0.15, 0.2) is 0 Å². The average Bonchev–Trinajstić information content (AvgIpc) is 2.30. The lowest BCUT2D eigenvalue weighted by molar-refractivity contribution is 0.0472. The van der Waals surface area contributed by atoms with Crippen LogP contribution in [0.1, 0.15) is 20.3 Å². The van der Waals surface area contributed by atoms with Gasteiger partial charge in [0.25, 0.3) is 0 Å². The third-order valence-corrected chi connectivity index (χ3v) is 2.66. The van der Waals surface area contributed by atoms with Gasteiger partial charge in [0.2, 0.25) is 0 Å². The number of hydrogen-bond donors (Lipinski definition) is 1. The number of hydrogen-bond acceptors (Lipinski definition) is 4. The zero-order chi connectivity index (χ0) is 12.2. The van der Waals surface area contributed by atoms with Crippen molar-refractivity contribution < 1.29 is 14.2 Å². The molecule has 16 heavy (non-hydrogen) atoms. The zero-order valence-electron chi connectivity index (χ0n) is 11.1. The van der Waals surface area contributed by atoms with Crippen LogP contribution in [-0.4, -0.2) is 53.2 Å². The van der Waals surface area contributed by atoms with E-state index in [-0.39, 0.29) is 0 Å². The summed E-state index contributed by atoms with van der Waals surface area (Å²) in [6, 6.07) is 0.400. The van der Waals surface area contributed by atoms with E-state index in [0.29, 0.717) is 25.2 Å². The molecule has 0 saturated carbocycles. The molecule has 98 valence electrons. The highest BCUT2D eigenvalue weighted by Crippen LogP contribution is 2.09. The van der Waals surface area contributed by atoms with Gasteiger partial charge in [-0.05, 0) is 18.9 Å². The first-order valence-electron chi connectivity index (χ1n) is 6.05. The Hall–Kier alpha value is -0.160. The minimum atomic E-state index is 0.400. The lowest BCUT2D eigenvalue weighted by Gasteiger charge is -2.24. The average molecular weight is 233 g/mol. The van der Waals surface area contributed by atoms with Crippen LogP contribution < -0.4 is 5.32 Å². The van der Waals surface area contributed by atoms with Crippen LogP contribution in [0, 0.1) is 5.92 Å². The molecule has 0 aliphatic rings. The van der Waals surface area contributed by atoms with E-state index in [1.54, 1.807) is 14.2 Å². The van der Waals surface area contributed by atoms with Gasteiger partial charge >= 0.3 is 0 Å². The summed E-state index contributed by atoms with van der Waals surface area (Å²) in [5.41, 5.74) is 0. The first-order valence-corrected chi connectivity index (χ1v) is 6.05. The minimum absolute atomic E-state index is 0.400. The molecule has 0 amide bonds. The maximum absolute atomic E-state index is 5.56. The highest BCUT2D eigenvalue weighted by atomic mass is 16.5. The van der Waals surface area contributed by atoms with Crippen LogP contribution in [0.5, 0.6) is 0 Å². The lowest BCUT2D eigenvalue weighted by Crippen LogP contribution is -2.39. The normalized spacial score (nSPS) is 15.0. The topological polar surface area (TPSA) is 39.7 Å². The Bertz CT molecular complexity index is 144.